The predicted molar refractivity (Wildman–Crippen MR) is 98.6 cm³/mol. The topological polar surface area (TPSA) is 58.1 Å². The zero-order valence-corrected chi connectivity index (χ0v) is 14.8. The minimum absolute atomic E-state index is 0.0533. The number of carbonyl (C=O) groups excluding carboxylic acids is 1. The molecule has 24 heavy (non-hydrogen) atoms. The molecule has 0 aliphatic carbocycles. The number of hydrogen-bond acceptors (Lipinski definition) is 5. The molecule has 1 amide bonds. The summed E-state index contributed by atoms with van der Waals surface area (Å²) in [5.41, 5.74) is 1.79. The van der Waals surface area contributed by atoms with Crippen molar-refractivity contribution in [2.75, 3.05) is 29.6 Å². The summed E-state index contributed by atoms with van der Waals surface area (Å²) in [6.45, 7) is 3.60. The van der Waals surface area contributed by atoms with E-state index < -0.39 is 0 Å². The van der Waals surface area contributed by atoms with Crippen LogP contribution in [0.1, 0.15) is 18.5 Å². The van der Waals surface area contributed by atoms with Gasteiger partial charge in [-0.2, -0.15) is 5.10 Å². The summed E-state index contributed by atoms with van der Waals surface area (Å²) in [5, 5.41) is 11.4. The number of aromatic nitrogens is 2. The highest BCUT2D eigenvalue weighted by Crippen LogP contribution is 2.24. The van der Waals surface area contributed by atoms with Crippen molar-refractivity contribution >= 4 is 29.2 Å². The molecule has 0 spiro atoms. The van der Waals surface area contributed by atoms with E-state index >= 15 is 0 Å². The highest BCUT2D eigenvalue weighted by molar-refractivity contribution is 7.98. The van der Waals surface area contributed by atoms with Crippen LogP contribution in [0.15, 0.2) is 41.3 Å². The van der Waals surface area contributed by atoms with Gasteiger partial charge in [-0.1, -0.05) is 6.07 Å². The summed E-state index contributed by atoms with van der Waals surface area (Å²) in [6, 6.07) is 11.9. The van der Waals surface area contributed by atoms with E-state index in [2.05, 4.69) is 20.4 Å². The molecule has 6 heteroatoms. The van der Waals surface area contributed by atoms with Gasteiger partial charge in [0.1, 0.15) is 0 Å². The van der Waals surface area contributed by atoms with Gasteiger partial charge in [-0.3, -0.25) is 4.79 Å². The van der Waals surface area contributed by atoms with Gasteiger partial charge >= 0.3 is 0 Å². The maximum atomic E-state index is 12.5. The first-order chi connectivity index (χ1) is 11.7. The van der Waals surface area contributed by atoms with Gasteiger partial charge < -0.3 is 10.2 Å². The Kier molecular flexibility index (Phi) is 5.35. The number of thioether (sulfide) groups is 1. The van der Waals surface area contributed by atoms with Crippen molar-refractivity contribution in [3.63, 3.8) is 0 Å². The van der Waals surface area contributed by atoms with Crippen LogP contribution in [0.4, 0.5) is 11.5 Å². The van der Waals surface area contributed by atoms with E-state index in [1.807, 2.05) is 49.6 Å². The fourth-order valence-electron chi connectivity index (χ4n) is 2.88. The van der Waals surface area contributed by atoms with Gasteiger partial charge in [-0.05, 0) is 56.4 Å². The number of hydrogen-bond donors (Lipinski definition) is 1. The molecule has 1 saturated heterocycles. The van der Waals surface area contributed by atoms with Gasteiger partial charge in [0, 0.05) is 29.6 Å². The molecular formula is C18H22N4OS. The molecule has 5 nitrogen and oxygen atoms in total. The van der Waals surface area contributed by atoms with Crippen molar-refractivity contribution in [2.45, 2.75) is 24.7 Å². The molecule has 2 heterocycles. The molecular weight excluding hydrogens is 320 g/mol. The Morgan fingerprint density at radius 1 is 1.21 bits per heavy atom. The molecule has 3 rings (SSSR count). The first kappa shape index (κ1) is 16.8. The number of nitrogens with zero attached hydrogens (tertiary/aromatic N) is 3. The number of amides is 1. The Hall–Kier alpha value is -2.08. The molecule has 2 aromatic rings. The van der Waals surface area contributed by atoms with Crippen molar-refractivity contribution in [3.8, 4) is 0 Å². The second-order valence-electron chi connectivity index (χ2n) is 6.02. The molecule has 0 atom stereocenters. The van der Waals surface area contributed by atoms with Crippen LogP contribution in [0.2, 0.25) is 0 Å². The van der Waals surface area contributed by atoms with Gasteiger partial charge in [0.15, 0.2) is 5.82 Å². The van der Waals surface area contributed by atoms with E-state index in [1.54, 1.807) is 11.8 Å². The quantitative estimate of drug-likeness (QED) is 0.864. The molecule has 1 aromatic heterocycles. The lowest BCUT2D eigenvalue weighted by molar-refractivity contribution is -0.120. The van der Waals surface area contributed by atoms with Crippen LogP contribution in [0.3, 0.4) is 0 Å². The highest BCUT2D eigenvalue weighted by atomic mass is 32.2. The van der Waals surface area contributed by atoms with Gasteiger partial charge in [0.05, 0.1) is 5.69 Å². The minimum atomic E-state index is 0.0533. The van der Waals surface area contributed by atoms with Crippen LogP contribution >= 0.6 is 11.8 Å². The van der Waals surface area contributed by atoms with Crippen molar-refractivity contribution in [1.82, 2.24) is 10.2 Å². The Bertz CT molecular complexity index is 696. The zero-order valence-electron chi connectivity index (χ0n) is 14.0. The molecule has 1 aromatic carbocycles. The number of nitrogens with one attached hydrogen (secondary N) is 1. The summed E-state index contributed by atoms with van der Waals surface area (Å²) in [5.74, 6) is 1.06. The standard InChI is InChI=1S/C18H22N4OS/c1-13-6-7-17(21-20-13)22-10-8-14(9-11-22)18(23)19-15-4-3-5-16(12-15)24-2/h3-7,12,14H,8-11H2,1-2H3,(H,19,23). The van der Waals surface area contributed by atoms with E-state index in [9.17, 15) is 4.79 Å². The lowest BCUT2D eigenvalue weighted by atomic mass is 9.96. The number of rotatable bonds is 4. The third-order valence-electron chi connectivity index (χ3n) is 4.31. The Labute approximate surface area is 146 Å². The second-order valence-corrected chi connectivity index (χ2v) is 6.90. The lowest BCUT2D eigenvalue weighted by Gasteiger charge is -2.31. The summed E-state index contributed by atoms with van der Waals surface area (Å²) in [6.07, 6.45) is 3.71. The average molecular weight is 342 g/mol. The molecule has 1 N–H and O–H groups in total. The molecule has 0 radical (unpaired) electrons. The highest BCUT2D eigenvalue weighted by Gasteiger charge is 2.25. The summed E-state index contributed by atoms with van der Waals surface area (Å²) in [7, 11) is 0. The van der Waals surface area contributed by atoms with Gasteiger partial charge in [0.2, 0.25) is 5.91 Å². The fourth-order valence-corrected chi connectivity index (χ4v) is 3.34. The summed E-state index contributed by atoms with van der Waals surface area (Å²) in [4.78, 5) is 15.8. The monoisotopic (exact) mass is 342 g/mol. The number of benzene rings is 1. The number of anilines is 2. The minimum Gasteiger partial charge on any atom is -0.355 e. The maximum Gasteiger partial charge on any atom is 0.227 e. The summed E-state index contributed by atoms with van der Waals surface area (Å²) >= 11 is 1.67. The number of aryl methyl sites for hydroxylation is 1. The van der Waals surface area contributed by atoms with Crippen LogP contribution < -0.4 is 10.2 Å². The van der Waals surface area contributed by atoms with E-state index in [1.165, 1.54) is 0 Å². The molecule has 0 unspecified atom stereocenters. The van der Waals surface area contributed by atoms with Crippen LogP contribution in [-0.4, -0.2) is 35.4 Å². The molecule has 0 saturated carbocycles. The Balaban J connectivity index is 1.55. The molecule has 1 fully saturated rings. The lowest BCUT2D eigenvalue weighted by Crippen LogP contribution is -2.38. The second kappa shape index (κ2) is 7.66. The number of piperidine rings is 1. The van der Waals surface area contributed by atoms with E-state index in [0.717, 1.165) is 48.0 Å². The van der Waals surface area contributed by atoms with Crippen molar-refractivity contribution in [3.05, 3.63) is 42.1 Å². The largest absolute Gasteiger partial charge is 0.355 e. The van der Waals surface area contributed by atoms with Gasteiger partial charge in [-0.25, -0.2) is 0 Å². The Morgan fingerprint density at radius 3 is 2.67 bits per heavy atom. The van der Waals surface area contributed by atoms with Crippen LogP contribution in [-0.2, 0) is 4.79 Å². The first-order valence-electron chi connectivity index (χ1n) is 8.16. The molecule has 0 bridgehead atoms. The van der Waals surface area contributed by atoms with Crippen molar-refractivity contribution in [2.24, 2.45) is 5.92 Å². The first-order valence-corrected chi connectivity index (χ1v) is 9.38. The van der Waals surface area contributed by atoms with Gasteiger partial charge in [0.25, 0.3) is 0 Å². The zero-order chi connectivity index (χ0) is 16.9. The predicted octanol–water partition coefficient (Wildman–Crippen LogP) is 3.36. The normalized spacial score (nSPS) is 15.3. The average Bonchev–Trinajstić information content (AvgIpc) is 2.62. The SMILES string of the molecule is CSc1cccc(NC(=O)C2CCN(c3ccc(C)nn3)CC2)c1. The molecule has 1 aliphatic heterocycles. The van der Waals surface area contributed by atoms with E-state index in [4.69, 9.17) is 0 Å². The number of carbonyl (C=O) groups is 1. The smallest absolute Gasteiger partial charge is 0.227 e. The van der Waals surface area contributed by atoms with E-state index in [0.29, 0.717) is 0 Å². The van der Waals surface area contributed by atoms with Gasteiger partial charge in [-0.15, -0.1) is 16.9 Å². The summed E-state index contributed by atoms with van der Waals surface area (Å²) < 4.78 is 0. The third-order valence-corrected chi connectivity index (χ3v) is 5.04. The van der Waals surface area contributed by atoms with Crippen LogP contribution in [0.25, 0.3) is 0 Å². The molecule has 1 aliphatic rings. The van der Waals surface area contributed by atoms with Crippen molar-refractivity contribution in [1.29, 1.82) is 0 Å². The molecule has 126 valence electrons. The van der Waals surface area contributed by atoms with E-state index in [-0.39, 0.29) is 11.8 Å². The Morgan fingerprint density at radius 2 is 2.00 bits per heavy atom. The van der Waals surface area contributed by atoms with Crippen LogP contribution in [0, 0.1) is 12.8 Å². The maximum absolute atomic E-state index is 12.5. The van der Waals surface area contributed by atoms with Crippen molar-refractivity contribution < 1.29 is 4.79 Å². The van der Waals surface area contributed by atoms with Crippen LogP contribution in [0.5, 0.6) is 0 Å². The third kappa shape index (κ3) is 4.06. The fraction of sp³-hybridized carbons (Fsp3) is 0.389.